The summed E-state index contributed by atoms with van der Waals surface area (Å²) in [6, 6.07) is 16.2. The number of hydrogen-bond donors (Lipinski definition) is 0. The maximum Gasteiger partial charge on any atom is 0.162 e. The number of carbonyl (C=O) groups excluding carboxylic acids is 1. The van der Waals surface area contributed by atoms with Crippen LogP contribution in [0.1, 0.15) is 47.5 Å². The highest BCUT2D eigenvalue weighted by Crippen LogP contribution is 2.29. The van der Waals surface area contributed by atoms with Gasteiger partial charge in [-0.05, 0) is 11.6 Å². The molecule has 0 atom stereocenters. The maximum absolute atomic E-state index is 11.9. The number of benzene rings is 2. The Morgan fingerprint density at radius 1 is 1.05 bits per heavy atom. The minimum Gasteiger partial charge on any atom is -0.461 e. The summed E-state index contributed by atoms with van der Waals surface area (Å²) >= 11 is 0. The fourth-order valence-electron chi connectivity index (χ4n) is 2.86. The second-order valence-corrected chi connectivity index (χ2v) is 5.51. The molecule has 112 valence electrons. The van der Waals surface area contributed by atoms with E-state index >= 15 is 0 Å². The van der Waals surface area contributed by atoms with Crippen molar-refractivity contribution in [3.8, 4) is 0 Å². The molecule has 3 rings (SSSR count). The molecule has 0 N–H and O–H groups in total. The molecule has 2 nitrogen and oxygen atoms in total. The van der Waals surface area contributed by atoms with Crippen molar-refractivity contribution in [1.29, 1.82) is 0 Å². The minimum absolute atomic E-state index is 0.154. The number of Topliss-reactive ketones (excluding diaryl/α,β-unsaturated/α-hetero) is 1. The van der Waals surface area contributed by atoms with Gasteiger partial charge in [0.1, 0.15) is 11.3 Å². The number of rotatable bonds is 5. The van der Waals surface area contributed by atoms with Crippen molar-refractivity contribution in [3.05, 3.63) is 71.0 Å². The molecule has 22 heavy (non-hydrogen) atoms. The van der Waals surface area contributed by atoms with E-state index in [1.165, 1.54) is 11.1 Å². The lowest BCUT2D eigenvalue weighted by Crippen LogP contribution is -1.95. The summed E-state index contributed by atoms with van der Waals surface area (Å²) in [5.41, 5.74) is 4.06. The topological polar surface area (TPSA) is 30.2 Å². The Hall–Kier alpha value is -2.35. The third-order valence-corrected chi connectivity index (χ3v) is 4.06. The van der Waals surface area contributed by atoms with Crippen LogP contribution in [-0.4, -0.2) is 5.78 Å². The lowest BCUT2D eigenvalue weighted by Gasteiger charge is -2.02. The fraction of sp³-hybridized carbons (Fsp3) is 0.250. The smallest absolute Gasteiger partial charge is 0.162 e. The molecule has 0 saturated carbocycles. The summed E-state index contributed by atoms with van der Waals surface area (Å²) in [7, 11) is 0. The third kappa shape index (κ3) is 2.69. The molecule has 1 heterocycles. The van der Waals surface area contributed by atoms with Gasteiger partial charge in [0, 0.05) is 35.8 Å². The Kier molecular flexibility index (Phi) is 4.10. The first-order valence-electron chi connectivity index (χ1n) is 7.84. The van der Waals surface area contributed by atoms with Gasteiger partial charge in [0.25, 0.3) is 0 Å². The van der Waals surface area contributed by atoms with Gasteiger partial charge in [0.15, 0.2) is 5.78 Å². The van der Waals surface area contributed by atoms with Crippen LogP contribution in [0.15, 0.2) is 52.9 Å². The molecule has 0 saturated heterocycles. The molecule has 0 radical (unpaired) electrons. The SMILES string of the molecule is CCC(=O)c1ccc2c(Cc3ccccc3)c(CC)oc2c1. The van der Waals surface area contributed by atoms with Crippen molar-refractivity contribution in [3.63, 3.8) is 0 Å². The molecule has 0 unspecified atom stereocenters. The molecule has 0 amide bonds. The summed E-state index contributed by atoms with van der Waals surface area (Å²) in [5, 5.41) is 1.12. The highest BCUT2D eigenvalue weighted by atomic mass is 16.3. The molecule has 0 aliphatic heterocycles. The van der Waals surface area contributed by atoms with E-state index in [9.17, 15) is 4.79 Å². The highest BCUT2D eigenvalue weighted by molar-refractivity contribution is 5.99. The molecule has 3 aromatic rings. The van der Waals surface area contributed by atoms with E-state index in [1.54, 1.807) is 0 Å². The summed E-state index contributed by atoms with van der Waals surface area (Å²) in [6.45, 7) is 3.98. The van der Waals surface area contributed by atoms with Crippen LogP contribution < -0.4 is 0 Å². The molecule has 2 aromatic carbocycles. The first-order valence-corrected chi connectivity index (χ1v) is 7.84. The summed E-state index contributed by atoms with van der Waals surface area (Å²) in [6.07, 6.45) is 2.23. The van der Waals surface area contributed by atoms with E-state index in [0.717, 1.165) is 35.1 Å². The van der Waals surface area contributed by atoms with Crippen LogP contribution >= 0.6 is 0 Å². The zero-order valence-electron chi connectivity index (χ0n) is 13.1. The Balaban J connectivity index is 2.07. The first-order chi connectivity index (χ1) is 10.7. The Morgan fingerprint density at radius 2 is 1.82 bits per heavy atom. The van der Waals surface area contributed by atoms with Crippen molar-refractivity contribution in [1.82, 2.24) is 0 Å². The lowest BCUT2D eigenvalue weighted by atomic mass is 9.99. The van der Waals surface area contributed by atoms with Crippen molar-refractivity contribution in [2.75, 3.05) is 0 Å². The average Bonchev–Trinajstić information content (AvgIpc) is 2.92. The highest BCUT2D eigenvalue weighted by Gasteiger charge is 2.15. The molecule has 2 heteroatoms. The molecular formula is C20H20O2. The quantitative estimate of drug-likeness (QED) is 0.607. The fourth-order valence-corrected chi connectivity index (χ4v) is 2.86. The number of fused-ring (bicyclic) bond motifs is 1. The van der Waals surface area contributed by atoms with E-state index < -0.39 is 0 Å². The second kappa shape index (κ2) is 6.18. The Bertz CT molecular complexity index is 797. The molecule has 0 aliphatic rings. The number of furan rings is 1. The number of carbonyl (C=O) groups is 1. The predicted octanol–water partition coefficient (Wildman–Crippen LogP) is 5.18. The van der Waals surface area contributed by atoms with Gasteiger partial charge in [-0.2, -0.15) is 0 Å². The minimum atomic E-state index is 0.154. The van der Waals surface area contributed by atoms with E-state index in [4.69, 9.17) is 4.42 Å². The molecule has 1 aromatic heterocycles. The van der Waals surface area contributed by atoms with E-state index in [-0.39, 0.29) is 5.78 Å². The van der Waals surface area contributed by atoms with Gasteiger partial charge in [0.05, 0.1) is 0 Å². The first kappa shape index (κ1) is 14.6. The lowest BCUT2D eigenvalue weighted by molar-refractivity contribution is 0.0988. The van der Waals surface area contributed by atoms with E-state index in [1.807, 2.05) is 31.2 Å². The number of hydrogen-bond acceptors (Lipinski definition) is 2. The van der Waals surface area contributed by atoms with E-state index in [2.05, 4.69) is 31.2 Å². The molecule has 0 fully saturated rings. The van der Waals surface area contributed by atoms with Gasteiger partial charge in [0.2, 0.25) is 0 Å². The van der Waals surface area contributed by atoms with Gasteiger partial charge in [-0.1, -0.05) is 56.3 Å². The Labute approximate surface area is 130 Å². The molecule has 0 bridgehead atoms. The van der Waals surface area contributed by atoms with Gasteiger partial charge in [-0.3, -0.25) is 4.79 Å². The number of ketones is 1. The van der Waals surface area contributed by atoms with Crippen LogP contribution in [0.2, 0.25) is 0 Å². The molecular weight excluding hydrogens is 272 g/mol. The average molecular weight is 292 g/mol. The van der Waals surface area contributed by atoms with Crippen LogP contribution in [0.4, 0.5) is 0 Å². The van der Waals surface area contributed by atoms with Crippen LogP contribution in [0.25, 0.3) is 11.0 Å². The summed E-state index contributed by atoms with van der Waals surface area (Å²) < 4.78 is 6.00. The van der Waals surface area contributed by atoms with Crippen LogP contribution in [0.5, 0.6) is 0 Å². The zero-order valence-corrected chi connectivity index (χ0v) is 13.1. The van der Waals surface area contributed by atoms with Crippen molar-refractivity contribution in [2.45, 2.75) is 33.1 Å². The van der Waals surface area contributed by atoms with Crippen LogP contribution in [-0.2, 0) is 12.8 Å². The monoisotopic (exact) mass is 292 g/mol. The third-order valence-electron chi connectivity index (χ3n) is 4.06. The summed E-state index contributed by atoms with van der Waals surface area (Å²) in [4.78, 5) is 11.9. The van der Waals surface area contributed by atoms with Crippen LogP contribution in [0.3, 0.4) is 0 Å². The maximum atomic E-state index is 11.9. The Morgan fingerprint density at radius 3 is 2.50 bits per heavy atom. The van der Waals surface area contributed by atoms with Crippen LogP contribution in [0, 0.1) is 0 Å². The van der Waals surface area contributed by atoms with Crippen molar-refractivity contribution >= 4 is 16.8 Å². The van der Waals surface area contributed by atoms with Gasteiger partial charge >= 0.3 is 0 Å². The molecule has 0 aliphatic carbocycles. The van der Waals surface area contributed by atoms with Gasteiger partial charge in [-0.15, -0.1) is 0 Å². The number of aryl methyl sites for hydroxylation is 1. The van der Waals surface area contributed by atoms with E-state index in [0.29, 0.717) is 6.42 Å². The molecule has 0 spiro atoms. The predicted molar refractivity (Wildman–Crippen MR) is 89.5 cm³/mol. The van der Waals surface area contributed by atoms with Crippen molar-refractivity contribution < 1.29 is 9.21 Å². The summed E-state index contributed by atoms with van der Waals surface area (Å²) in [5.74, 6) is 1.17. The largest absolute Gasteiger partial charge is 0.461 e. The normalized spacial score (nSPS) is 11.0. The van der Waals surface area contributed by atoms with Crippen molar-refractivity contribution in [2.24, 2.45) is 0 Å². The van der Waals surface area contributed by atoms with Gasteiger partial charge in [-0.25, -0.2) is 0 Å². The zero-order chi connectivity index (χ0) is 15.5. The standard InChI is InChI=1S/C20H20O2/c1-3-18(21)15-10-11-16-17(12-14-8-6-5-7-9-14)19(4-2)22-20(16)13-15/h5-11,13H,3-4,12H2,1-2H3. The van der Waals surface area contributed by atoms with Gasteiger partial charge < -0.3 is 4.42 Å². The second-order valence-electron chi connectivity index (χ2n) is 5.51.